The molecular weight excluding hydrogens is 289 g/mol. The molecule has 0 aliphatic heterocycles. The van der Waals surface area contributed by atoms with E-state index in [1.54, 1.807) is 12.1 Å². The SMILES string of the molecule is CCNc1cc(Sc2cc(Cl)ccc2Cl)ncn1. The summed E-state index contributed by atoms with van der Waals surface area (Å²) in [5.41, 5.74) is 0. The molecular formula is C12H11Cl2N3S. The van der Waals surface area contributed by atoms with Crippen molar-refractivity contribution in [2.75, 3.05) is 11.9 Å². The van der Waals surface area contributed by atoms with Gasteiger partial charge in [-0.1, -0.05) is 35.0 Å². The van der Waals surface area contributed by atoms with Crippen LogP contribution in [0.5, 0.6) is 0 Å². The van der Waals surface area contributed by atoms with E-state index in [-0.39, 0.29) is 0 Å². The molecule has 0 aliphatic carbocycles. The first-order valence-corrected chi connectivity index (χ1v) is 6.95. The molecule has 0 spiro atoms. The molecule has 1 aromatic heterocycles. The minimum atomic E-state index is 0.655. The van der Waals surface area contributed by atoms with Gasteiger partial charge in [-0.25, -0.2) is 9.97 Å². The maximum Gasteiger partial charge on any atom is 0.130 e. The van der Waals surface area contributed by atoms with Crippen molar-refractivity contribution in [3.05, 3.63) is 40.6 Å². The molecule has 0 aliphatic rings. The van der Waals surface area contributed by atoms with Crippen molar-refractivity contribution in [1.29, 1.82) is 0 Å². The molecule has 0 saturated heterocycles. The van der Waals surface area contributed by atoms with E-state index in [4.69, 9.17) is 23.2 Å². The molecule has 0 bridgehead atoms. The molecule has 1 heterocycles. The molecule has 6 heteroatoms. The predicted octanol–water partition coefficient (Wildman–Crippen LogP) is 4.37. The summed E-state index contributed by atoms with van der Waals surface area (Å²) in [6.45, 7) is 2.84. The van der Waals surface area contributed by atoms with E-state index in [0.29, 0.717) is 10.0 Å². The monoisotopic (exact) mass is 299 g/mol. The van der Waals surface area contributed by atoms with Gasteiger partial charge in [-0.2, -0.15) is 0 Å². The zero-order chi connectivity index (χ0) is 13.0. The first-order chi connectivity index (χ1) is 8.69. The second-order valence-electron chi connectivity index (χ2n) is 3.45. The van der Waals surface area contributed by atoms with Gasteiger partial charge in [0, 0.05) is 22.5 Å². The Morgan fingerprint density at radius 2 is 2.06 bits per heavy atom. The van der Waals surface area contributed by atoms with Crippen LogP contribution in [0.4, 0.5) is 5.82 Å². The van der Waals surface area contributed by atoms with Crippen LogP contribution in [0.2, 0.25) is 10.0 Å². The molecule has 0 radical (unpaired) electrons. The van der Waals surface area contributed by atoms with Gasteiger partial charge in [-0.15, -0.1) is 0 Å². The Hall–Kier alpha value is -0.970. The summed E-state index contributed by atoms with van der Waals surface area (Å²) in [6, 6.07) is 7.24. The average molecular weight is 300 g/mol. The lowest BCUT2D eigenvalue weighted by molar-refractivity contribution is 1.03. The standard InChI is InChI=1S/C12H11Cl2N3S/c1-2-15-11-6-12(17-7-16-11)18-10-5-8(13)3-4-9(10)14/h3-7H,2H2,1H3,(H,15,16,17). The van der Waals surface area contributed by atoms with Crippen LogP contribution in [0.15, 0.2) is 40.5 Å². The van der Waals surface area contributed by atoms with E-state index in [1.807, 2.05) is 19.1 Å². The molecule has 2 rings (SSSR count). The molecule has 0 atom stereocenters. The third kappa shape index (κ3) is 3.51. The van der Waals surface area contributed by atoms with E-state index in [1.165, 1.54) is 18.1 Å². The average Bonchev–Trinajstić information content (AvgIpc) is 2.35. The van der Waals surface area contributed by atoms with Crippen molar-refractivity contribution in [3.63, 3.8) is 0 Å². The fourth-order valence-electron chi connectivity index (χ4n) is 1.34. The van der Waals surface area contributed by atoms with Gasteiger partial charge in [-0.3, -0.25) is 0 Å². The van der Waals surface area contributed by atoms with Crippen molar-refractivity contribution >= 4 is 40.8 Å². The van der Waals surface area contributed by atoms with Gasteiger partial charge >= 0.3 is 0 Å². The fourth-order valence-corrected chi connectivity index (χ4v) is 2.66. The third-order valence-electron chi connectivity index (χ3n) is 2.11. The van der Waals surface area contributed by atoms with Crippen LogP contribution >= 0.6 is 35.0 Å². The molecule has 0 unspecified atom stereocenters. The van der Waals surface area contributed by atoms with Crippen molar-refractivity contribution in [1.82, 2.24) is 9.97 Å². The van der Waals surface area contributed by atoms with Crippen LogP contribution in [0.25, 0.3) is 0 Å². The lowest BCUT2D eigenvalue weighted by Crippen LogP contribution is -1.99. The highest BCUT2D eigenvalue weighted by Crippen LogP contribution is 2.34. The lowest BCUT2D eigenvalue weighted by atomic mass is 10.4. The number of aromatic nitrogens is 2. The van der Waals surface area contributed by atoms with Crippen molar-refractivity contribution in [3.8, 4) is 0 Å². The van der Waals surface area contributed by atoms with E-state index in [9.17, 15) is 0 Å². The van der Waals surface area contributed by atoms with E-state index in [2.05, 4.69) is 15.3 Å². The predicted molar refractivity (Wildman–Crippen MR) is 76.8 cm³/mol. The third-order valence-corrected chi connectivity index (χ3v) is 3.77. The molecule has 3 nitrogen and oxygen atoms in total. The lowest BCUT2D eigenvalue weighted by Gasteiger charge is -2.06. The number of hydrogen-bond acceptors (Lipinski definition) is 4. The summed E-state index contributed by atoms with van der Waals surface area (Å²) >= 11 is 13.5. The Morgan fingerprint density at radius 1 is 1.22 bits per heavy atom. The van der Waals surface area contributed by atoms with Gasteiger partial charge in [0.25, 0.3) is 0 Å². The Kier molecular flexibility index (Phi) is 4.69. The Morgan fingerprint density at radius 3 is 2.83 bits per heavy atom. The van der Waals surface area contributed by atoms with Crippen molar-refractivity contribution < 1.29 is 0 Å². The highest BCUT2D eigenvalue weighted by atomic mass is 35.5. The van der Waals surface area contributed by atoms with E-state index < -0.39 is 0 Å². The van der Waals surface area contributed by atoms with Crippen LogP contribution in [0, 0.1) is 0 Å². The van der Waals surface area contributed by atoms with Gasteiger partial charge in [-0.05, 0) is 25.1 Å². The quantitative estimate of drug-likeness (QED) is 0.851. The number of halogens is 2. The van der Waals surface area contributed by atoms with E-state index in [0.717, 1.165) is 22.3 Å². The molecule has 0 amide bonds. The van der Waals surface area contributed by atoms with Crippen LogP contribution in [-0.2, 0) is 0 Å². The van der Waals surface area contributed by atoms with Gasteiger partial charge in [0.15, 0.2) is 0 Å². The van der Waals surface area contributed by atoms with Crippen molar-refractivity contribution in [2.45, 2.75) is 16.8 Å². The minimum absolute atomic E-state index is 0.655. The van der Waals surface area contributed by atoms with Crippen LogP contribution in [0.3, 0.4) is 0 Å². The first kappa shape index (κ1) is 13.5. The van der Waals surface area contributed by atoms with Crippen LogP contribution in [-0.4, -0.2) is 16.5 Å². The number of benzene rings is 1. The number of hydrogen-bond donors (Lipinski definition) is 1. The molecule has 0 saturated carbocycles. The van der Waals surface area contributed by atoms with Gasteiger partial charge < -0.3 is 5.32 Å². The second-order valence-corrected chi connectivity index (χ2v) is 5.35. The zero-order valence-electron chi connectivity index (χ0n) is 9.65. The topological polar surface area (TPSA) is 37.8 Å². The normalized spacial score (nSPS) is 10.4. The Balaban J connectivity index is 2.22. The second kappa shape index (κ2) is 6.27. The minimum Gasteiger partial charge on any atom is -0.370 e. The summed E-state index contributed by atoms with van der Waals surface area (Å²) < 4.78 is 0. The molecule has 0 fully saturated rings. The van der Waals surface area contributed by atoms with Crippen molar-refractivity contribution in [2.24, 2.45) is 0 Å². The number of anilines is 1. The number of nitrogens with one attached hydrogen (secondary N) is 1. The summed E-state index contributed by atoms with van der Waals surface area (Å²) in [5, 5.41) is 5.28. The fraction of sp³-hybridized carbons (Fsp3) is 0.167. The Bertz CT molecular complexity index is 549. The van der Waals surface area contributed by atoms with Gasteiger partial charge in [0.1, 0.15) is 17.2 Å². The summed E-state index contributed by atoms with van der Waals surface area (Å²) in [5.74, 6) is 0.799. The van der Waals surface area contributed by atoms with Gasteiger partial charge in [0.2, 0.25) is 0 Å². The molecule has 1 N–H and O–H groups in total. The highest BCUT2D eigenvalue weighted by molar-refractivity contribution is 7.99. The first-order valence-electron chi connectivity index (χ1n) is 5.38. The summed E-state index contributed by atoms with van der Waals surface area (Å²) in [7, 11) is 0. The molecule has 1 aromatic carbocycles. The van der Waals surface area contributed by atoms with E-state index >= 15 is 0 Å². The number of nitrogens with zero attached hydrogens (tertiary/aromatic N) is 2. The van der Waals surface area contributed by atoms with Crippen LogP contribution < -0.4 is 5.32 Å². The van der Waals surface area contributed by atoms with Gasteiger partial charge in [0.05, 0.1) is 5.02 Å². The number of rotatable bonds is 4. The van der Waals surface area contributed by atoms with Crippen LogP contribution in [0.1, 0.15) is 6.92 Å². The maximum atomic E-state index is 6.11. The molecule has 2 aromatic rings. The molecule has 18 heavy (non-hydrogen) atoms. The Labute approximate surface area is 120 Å². The maximum absolute atomic E-state index is 6.11. The highest BCUT2D eigenvalue weighted by Gasteiger charge is 2.06. The summed E-state index contributed by atoms with van der Waals surface area (Å²) in [6.07, 6.45) is 1.53. The summed E-state index contributed by atoms with van der Waals surface area (Å²) in [4.78, 5) is 9.19. The molecule has 94 valence electrons. The zero-order valence-corrected chi connectivity index (χ0v) is 12.0. The smallest absolute Gasteiger partial charge is 0.130 e. The largest absolute Gasteiger partial charge is 0.370 e.